The highest BCUT2D eigenvalue weighted by molar-refractivity contribution is 7.10. The molecule has 1 aliphatic heterocycles. The van der Waals surface area contributed by atoms with Gasteiger partial charge in [0.1, 0.15) is 6.54 Å². The number of rotatable bonds is 5. The van der Waals surface area contributed by atoms with Gasteiger partial charge in [0.2, 0.25) is 0 Å². The highest BCUT2D eigenvalue weighted by Crippen LogP contribution is 2.15. The predicted octanol–water partition coefficient (Wildman–Crippen LogP) is 2.31. The van der Waals surface area contributed by atoms with Crippen molar-refractivity contribution in [2.45, 2.75) is 12.5 Å². The number of thiophene rings is 1. The number of hydrogen-bond acceptors (Lipinski definition) is 5. The van der Waals surface area contributed by atoms with Crippen LogP contribution in [0.5, 0.6) is 0 Å². The molecule has 1 saturated heterocycles. The van der Waals surface area contributed by atoms with Crippen LogP contribution in [0.4, 0.5) is 0 Å². The summed E-state index contributed by atoms with van der Waals surface area (Å²) in [6.07, 6.45) is 8.46. The largest absolute Gasteiger partial charge is 0.458 e. The van der Waals surface area contributed by atoms with Gasteiger partial charge in [-0.2, -0.15) is 0 Å². The number of allylic oxidation sites excluding steroid dienone is 2. The lowest BCUT2D eigenvalue weighted by Gasteiger charge is -2.22. The molecule has 0 aliphatic carbocycles. The molecule has 5 nitrogen and oxygen atoms in total. The zero-order valence-electron chi connectivity index (χ0n) is 14.0. The van der Waals surface area contributed by atoms with Crippen molar-refractivity contribution >= 4 is 30.1 Å². The summed E-state index contributed by atoms with van der Waals surface area (Å²) >= 11 is 1.69. The zero-order valence-corrected chi connectivity index (χ0v) is 14.8. The Labute approximate surface area is 142 Å². The molecule has 1 unspecified atom stereocenters. The van der Waals surface area contributed by atoms with E-state index in [2.05, 4.69) is 19.1 Å². The van der Waals surface area contributed by atoms with E-state index < -0.39 is 0 Å². The lowest BCUT2D eigenvalue weighted by Crippen LogP contribution is -2.37. The molecule has 1 aromatic rings. The van der Waals surface area contributed by atoms with Crippen molar-refractivity contribution in [3.8, 4) is 0 Å². The van der Waals surface area contributed by atoms with Gasteiger partial charge in [-0.15, -0.1) is 11.3 Å². The van der Waals surface area contributed by atoms with E-state index in [0.29, 0.717) is 12.2 Å². The van der Waals surface area contributed by atoms with Crippen LogP contribution in [0.1, 0.15) is 11.3 Å². The van der Waals surface area contributed by atoms with E-state index in [4.69, 9.17) is 10.5 Å². The Morgan fingerprint density at radius 1 is 1.52 bits per heavy atom. The Bertz CT molecular complexity index is 548. The quantitative estimate of drug-likeness (QED) is 0.388. The number of likely N-dealkylation sites (N-methyl/N-ethyl adjacent to an activating group) is 1. The molecule has 1 fully saturated rings. The number of likely N-dealkylation sites (tertiary alicyclic amines) is 1. The third-order valence-electron chi connectivity index (χ3n) is 3.40. The van der Waals surface area contributed by atoms with Crippen molar-refractivity contribution in [2.75, 3.05) is 34.2 Å². The zero-order chi connectivity index (χ0) is 17.1. The molecular weight excluding hydrogens is 310 g/mol. The van der Waals surface area contributed by atoms with E-state index >= 15 is 0 Å². The van der Waals surface area contributed by atoms with Gasteiger partial charge in [-0.3, -0.25) is 9.79 Å². The number of carbonyl (C=O) groups is 1. The van der Waals surface area contributed by atoms with Crippen LogP contribution in [0.2, 0.25) is 0 Å². The summed E-state index contributed by atoms with van der Waals surface area (Å²) in [4.78, 5) is 14.9. The van der Waals surface area contributed by atoms with Gasteiger partial charge >= 0.3 is 0 Å². The summed E-state index contributed by atoms with van der Waals surface area (Å²) < 4.78 is 5.81. The molecule has 6 heteroatoms. The molecule has 0 bridgehead atoms. The highest BCUT2D eigenvalue weighted by atomic mass is 32.1. The third kappa shape index (κ3) is 8.32. The Morgan fingerprint density at radius 2 is 2.30 bits per heavy atom. The van der Waals surface area contributed by atoms with E-state index in [9.17, 15) is 4.79 Å². The van der Waals surface area contributed by atoms with Crippen molar-refractivity contribution in [1.29, 1.82) is 0 Å². The fraction of sp³-hybridized carbons (Fsp3) is 0.412. The first-order chi connectivity index (χ1) is 11.0. The number of quaternary nitrogens is 1. The molecule has 1 aliphatic rings. The first kappa shape index (κ1) is 19.1. The molecule has 2 N–H and O–H groups in total. The van der Waals surface area contributed by atoms with E-state index in [0.717, 1.165) is 24.0 Å². The van der Waals surface area contributed by atoms with Crippen molar-refractivity contribution in [3.63, 3.8) is 0 Å². The molecule has 0 aromatic carbocycles. The van der Waals surface area contributed by atoms with Gasteiger partial charge in [0.15, 0.2) is 6.10 Å². The van der Waals surface area contributed by atoms with Crippen LogP contribution in [0.25, 0.3) is 6.08 Å². The van der Waals surface area contributed by atoms with Crippen LogP contribution in [0, 0.1) is 0 Å². The smallest absolute Gasteiger partial charge is 0.293 e. The number of nitrogens with two attached hydrogens (primary N) is 1. The van der Waals surface area contributed by atoms with Crippen LogP contribution in [0.3, 0.4) is 0 Å². The number of ether oxygens (including phenoxy) is 1. The predicted molar refractivity (Wildman–Crippen MR) is 97.4 cm³/mol. The maximum atomic E-state index is 9.94. The Hall–Kier alpha value is -1.92. The summed E-state index contributed by atoms with van der Waals surface area (Å²) in [5, 5.41) is 2.03. The molecule has 1 aromatic heterocycles. The minimum atomic E-state index is 0.160. The lowest BCUT2D eigenvalue weighted by molar-refractivity contribution is -0.879. The van der Waals surface area contributed by atoms with Gasteiger partial charge in [-0.05, 0) is 29.7 Å². The van der Waals surface area contributed by atoms with E-state index in [1.807, 2.05) is 29.7 Å². The summed E-state index contributed by atoms with van der Waals surface area (Å²) in [6.45, 7) is 2.62. The molecule has 2 rings (SSSR count). The normalized spacial score (nSPS) is 20.5. The molecular formula is C17H26N3O2S+. The van der Waals surface area contributed by atoms with Crippen molar-refractivity contribution < 1.29 is 14.0 Å². The summed E-state index contributed by atoms with van der Waals surface area (Å²) in [5.41, 5.74) is 6.37. The van der Waals surface area contributed by atoms with Crippen LogP contribution in [-0.2, 0) is 9.53 Å². The second-order valence-corrected chi connectivity index (χ2v) is 6.89. The molecule has 0 saturated carbocycles. The minimum Gasteiger partial charge on any atom is -0.458 e. The maximum Gasteiger partial charge on any atom is 0.293 e. The van der Waals surface area contributed by atoms with Crippen molar-refractivity contribution in [2.24, 2.45) is 10.7 Å². The monoisotopic (exact) mass is 336 g/mol. The first-order valence-corrected chi connectivity index (χ1v) is 8.35. The van der Waals surface area contributed by atoms with Gasteiger partial charge in [0.05, 0.1) is 20.6 Å². The average molecular weight is 336 g/mol. The second kappa shape index (κ2) is 9.97. The van der Waals surface area contributed by atoms with Crippen LogP contribution >= 0.6 is 11.3 Å². The Balaban J connectivity index is 0.000000238. The van der Waals surface area contributed by atoms with Crippen LogP contribution < -0.4 is 5.73 Å². The van der Waals surface area contributed by atoms with Crippen molar-refractivity contribution in [1.82, 2.24) is 0 Å². The summed E-state index contributed by atoms with van der Waals surface area (Å²) in [6, 6.07) is 4.06. The maximum absolute atomic E-state index is 9.94. The van der Waals surface area contributed by atoms with E-state index in [-0.39, 0.29) is 6.10 Å². The lowest BCUT2D eigenvalue weighted by atomic mass is 10.3. The number of hydrogen-bond donors (Lipinski definition) is 1. The standard InChI is InChI=1S/C10H12N2S.C7H14NO2/c1-12-7-6-9(11)4-5-10-3-2-8-13-10;1-8(2)4-3-7(5-8)10-6-9/h2-8H,11H2,1H3;6-7H,3-5H2,1-2H3/q;+1/b5-4+,9-6-,12-7?;. The third-order valence-corrected chi connectivity index (χ3v) is 4.24. The molecule has 0 radical (unpaired) electrons. The average Bonchev–Trinajstić information content (AvgIpc) is 3.13. The molecule has 0 spiro atoms. The van der Waals surface area contributed by atoms with Gasteiger partial charge in [0.25, 0.3) is 6.47 Å². The number of nitrogens with zero attached hydrogens (tertiary/aromatic N) is 2. The molecule has 1 atom stereocenters. The first-order valence-electron chi connectivity index (χ1n) is 7.47. The van der Waals surface area contributed by atoms with Crippen molar-refractivity contribution in [3.05, 3.63) is 40.2 Å². The summed E-state index contributed by atoms with van der Waals surface area (Å²) in [7, 11) is 6.01. The van der Waals surface area contributed by atoms with E-state index in [1.165, 1.54) is 4.88 Å². The molecule has 23 heavy (non-hydrogen) atoms. The fourth-order valence-electron chi connectivity index (χ4n) is 2.20. The highest BCUT2D eigenvalue weighted by Gasteiger charge is 2.31. The number of aliphatic imine (C=N–C) groups is 1. The van der Waals surface area contributed by atoms with Crippen LogP contribution in [-0.4, -0.2) is 57.5 Å². The van der Waals surface area contributed by atoms with Gasteiger partial charge < -0.3 is 15.0 Å². The number of carbonyl (C=O) groups excluding carboxylic acids is 1. The second-order valence-electron chi connectivity index (χ2n) is 5.91. The summed E-state index contributed by atoms with van der Waals surface area (Å²) in [5.74, 6) is 0. The topological polar surface area (TPSA) is 64.7 Å². The molecule has 126 valence electrons. The molecule has 2 heterocycles. The fourth-order valence-corrected chi connectivity index (χ4v) is 2.82. The molecule has 0 amide bonds. The van der Waals surface area contributed by atoms with Gasteiger partial charge in [-0.1, -0.05) is 6.07 Å². The Morgan fingerprint density at radius 3 is 2.83 bits per heavy atom. The van der Waals surface area contributed by atoms with E-state index in [1.54, 1.807) is 30.7 Å². The van der Waals surface area contributed by atoms with Gasteiger partial charge in [0, 0.05) is 30.3 Å². The minimum absolute atomic E-state index is 0.160. The SMILES string of the molecule is CN=C/C=C(N)/C=C/c1cccs1.C[N+]1(C)CCC(OC=O)C1. The van der Waals surface area contributed by atoms with Crippen LogP contribution in [0.15, 0.2) is 40.4 Å². The Kier molecular flexibility index (Phi) is 8.29. The van der Waals surface area contributed by atoms with Gasteiger partial charge in [-0.25, -0.2) is 0 Å².